The van der Waals surface area contributed by atoms with E-state index < -0.39 is 0 Å². The molecule has 0 saturated carbocycles. The lowest BCUT2D eigenvalue weighted by Gasteiger charge is -2.19. The number of esters is 1. The third-order valence-electron chi connectivity index (χ3n) is 2.01. The first kappa shape index (κ1) is 12.5. The van der Waals surface area contributed by atoms with Crippen LogP contribution in [-0.4, -0.2) is 19.0 Å². The number of rotatable bonds is 1. The number of nitrogens with one attached hydrogen (secondary N) is 1. The number of amides is 1. The van der Waals surface area contributed by atoms with Crippen molar-refractivity contribution >= 4 is 29.2 Å². The van der Waals surface area contributed by atoms with Crippen LogP contribution >= 0.6 is 11.6 Å². The highest BCUT2D eigenvalue weighted by Crippen LogP contribution is 2.32. The van der Waals surface area contributed by atoms with E-state index in [4.69, 9.17) is 11.6 Å². The maximum Gasteiger partial charge on any atom is 0.305 e. The van der Waals surface area contributed by atoms with Crippen molar-refractivity contribution < 1.29 is 14.3 Å². The molecule has 1 aliphatic heterocycles. The minimum atomic E-state index is -0.157. The van der Waals surface area contributed by atoms with Gasteiger partial charge in [0.1, 0.15) is 0 Å². The first-order chi connectivity index (χ1) is 7.60. The molecule has 1 aliphatic rings. The molecule has 16 heavy (non-hydrogen) atoms. The zero-order valence-corrected chi connectivity index (χ0v) is 9.80. The number of carbonyl (C=O) groups is 2. The molecule has 0 atom stereocenters. The van der Waals surface area contributed by atoms with Gasteiger partial charge in [0.25, 0.3) is 5.91 Å². The van der Waals surface area contributed by atoms with Crippen LogP contribution in [0.2, 0.25) is 5.02 Å². The molecule has 0 aliphatic carbocycles. The second-order valence-electron chi connectivity index (χ2n) is 3.05. The number of benzene rings is 1. The Hall–Kier alpha value is -1.55. The smallest absolute Gasteiger partial charge is 0.305 e. The normalized spacial score (nSPS) is 11.3. The lowest BCUT2D eigenvalue weighted by Crippen LogP contribution is -2.24. The van der Waals surface area contributed by atoms with Crippen LogP contribution < -0.4 is 5.32 Å². The summed E-state index contributed by atoms with van der Waals surface area (Å²) in [7, 11) is 1.38. The van der Waals surface area contributed by atoms with E-state index in [9.17, 15) is 9.59 Å². The molecule has 2 rings (SSSR count). The highest BCUT2D eigenvalue weighted by Gasteiger charge is 2.23. The molecule has 1 aromatic carbocycles. The molecule has 5 heteroatoms. The average Bonchev–Trinajstić information content (AvgIpc) is 2.30. The van der Waals surface area contributed by atoms with E-state index in [0.29, 0.717) is 17.0 Å². The fourth-order valence-corrected chi connectivity index (χ4v) is 1.32. The highest BCUT2D eigenvalue weighted by atomic mass is 35.5. The fourth-order valence-electron chi connectivity index (χ4n) is 1.10. The van der Waals surface area contributed by atoms with Gasteiger partial charge in [0, 0.05) is 6.42 Å². The van der Waals surface area contributed by atoms with Gasteiger partial charge < -0.3 is 10.1 Å². The second kappa shape index (κ2) is 5.51. The lowest BCUT2D eigenvalue weighted by molar-refractivity contribution is -0.140. The van der Waals surface area contributed by atoms with Crippen molar-refractivity contribution in [3.8, 4) is 0 Å². The summed E-state index contributed by atoms with van der Waals surface area (Å²) in [6.07, 6.45) is 0.469. The van der Waals surface area contributed by atoms with E-state index in [0.717, 1.165) is 5.69 Å². The SMILES string of the molecule is CCC(=O)OC.O=C1Nc2c(Cl)cccc21. The van der Waals surface area contributed by atoms with Gasteiger partial charge in [-0.05, 0) is 12.1 Å². The third kappa shape index (κ3) is 2.73. The first-order valence-corrected chi connectivity index (χ1v) is 5.14. The Morgan fingerprint density at radius 1 is 1.50 bits per heavy atom. The summed E-state index contributed by atoms with van der Waals surface area (Å²) in [6, 6.07) is 5.26. The van der Waals surface area contributed by atoms with E-state index in [1.165, 1.54) is 7.11 Å². The summed E-state index contributed by atoms with van der Waals surface area (Å²) in [4.78, 5) is 20.7. The number of anilines is 1. The Morgan fingerprint density at radius 2 is 2.19 bits per heavy atom. The van der Waals surface area contributed by atoms with Crippen molar-refractivity contribution in [2.24, 2.45) is 0 Å². The number of fused-ring (bicyclic) bond motifs is 1. The van der Waals surface area contributed by atoms with Crippen molar-refractivity contribution in [3.63, 3.8) is 0 Å². The van der Waals surface area contributed by atoms with Crippen LogP contribution in [0.25, 0.3) is 0 Å². The van der Waals surface area contributed by atoms with E-state index in [1.807, 2.05) is 0 Å². The summed E-state index contributed by atoms with van der Waals surface area (Å²) in [6.45, 7) is 1.76. The number of carbonyl (C=O) groups excluding carboxylic acids is 2. The van der Waals surface area contributed by atoms with Crippen LogP contribution in [0.5, 0.6) is 0 Å². The number of methoxy groups -OCH3 is 1. The second-order valence-corrected chi connectivity index (χ2v) is 3.45. The molecule has 1 heterocycles. The highest BCUT2D eigenvalue weighted by molar-refractivity contribution is 6.37. The van der Waals surface area contributed by atoms with Crippen LogP contribution in [0.15, 0.2) is 18.2 Å². The zero-order chi connectivity index (χ0) is 12.1. The maximum atomic E-state index is 10.7. The number of hydrogen-bond acceptors (Lipinski definition) is 3. The minimum absolute atomic E-state index is 0.0440. The molecule has 1 N–H and O–H groups in total. The summed E-state index contributed by atoms with van der Waals surface area (Å²) in [5, 5.41) is 3.19. The standard InChI is InChI=1S/C7H4ClNO.C4H8O2/c8-5-3-1-2-4-6(5)9-7(4)10;1-3-4(5)6-2/h1-3H,(H,9,10);3H2,1-2H3. The molecular formula is C11H12ClNO3. The Kier molecular flexibility index (Phi) is 4.31. The fraction of sp³-hybridized carbons (Fsp3) is 0.273. The summed E-state index contributed by atoms with van der Waals surface area (Å²) >= 11 is 5.72. The van der Waals surface area contributed by atoms with E-state index in [2.05, 4.69) is 10.1 Å². The van der Waals surface area contributed by atoms with Crippen molar-refractivity contribution in [2.45, 2.75) is 13.3 Å². The van der Waals surface area contributed by atoms with Gasteiger partial charge in [-0.15, -0.1) is 0 Å². The molecule has 86 valence electrons. The Morgan fingerprint density at radius 3 is 2.56 bits per heavy atom. The predicted molar refractivity (Wildman–Crippen MR) is 61.7 cm³/mol. The van der Waals surface area contributed by atoms with Gasteiger partial charge in [-0.3, -0.25) is 9.59 Å². The molecular weight excluding hydrogens is 230 g/mol. The number of halogens is 1. The maximum absolute atomic E-state index is 10.7. The van der Waals surface area contributed by atoms with Crippen molar-refractivity contribution in [3.05, 3.63) is 28.8 Å². The van der Waals surface area contributed by atoms with Crippen molar-refractivity contribution in [1.82, 2.24) is 0 Å². The summed E-state index contributed by atoms with van der Waals surface area (Å²) < 4.78 is 4.26. The van der Waals surface area contributed by atoms with E-state index in [-0.39, 0.29) is 11.9 Å². The van der Waals surface area contributed by atoms with E-state index >= 15 is 0 Å². The predicted octanol–water partition coefficient (Wildman–Crippen LogP) is 2.48. The number of para-hydroxylation sites is 1. The number of ether oxygens (including phenoxy) is 1. The monoisotopic (exact) mass is 241 g/mol. The Balaban J connectivity index is 0.000000187. The van der Waals surface area contributed by atoms with Gasteiger partial charge in [0.2, 0.25) is 0 Å². The molecule has 0 fully saturated rings. The molecule has 0 aromatic heterocycles. The van der Waals surface area contributed by atoms with Crippen LogP contribution in [0, 0.1) is 0 Å². The molecule has 4 nitrogen and oxygen atoms in total. The lowest BCUT2D eigenvalue weighted by atomic mass is 10.1. The van der Waals surface area contributed by atoms with Gasteiger partial charge in [-0.2, -0.15) is 0 Å². The topological polar surface area (TPSA) is 55.4 Å². The van der Waals surface area contributed by atoms with E-state index in [1.54, 1.807) is 25.1 Å². The zero-order valence-electron chi connectivity index (χ0n) is 9.04. The van der Waals surface area contributed by atoms with Gasteiger partial charge >= 0.3 is 5.97 Å². The van der Waals surface area contributed by atoms with Crippen LogP contribution in [0.1, 0.15) is 23.7 Å². The van der Waals surface area contributed by atoms with Crippen molar-refractivity contribution in [1.29, 1.82) is 0 Å². The quantitative estimate of drug-likeness (QED) is 0.769. The van der Waals surface area contributed by atoms with Gasteiger partial charge in [-0.25, -0.2) is 0 Å². The summed E-state index contributed by atoms with van der Waals surface area (Å²) in [5.41, 5.74) is 1.45. The summed E-state index contributed by atoms with van der Waals surface area (Å²) in [5.74, 6) is -0.201. The largest absolute Gasteiger partial charge is 0.469 e. The molecule has 1 aromatic rings. The molecule has 0 saturated heterocycles. The van der Waals surface area contributed by atoms with Gasteiger partial charge in [-0.1, -0.05) is 24.6 Å². The molecule has 0 unspecified atom stereocenters. The Bertz CT molecular complexity index is 412. The molecule has 0 bridgehead atoms. The van der Waals surface area contributed by atoms with Crippen molar-refractivity contribution in [2.75, 3.05) is 12.4 Å². The third-order valence-corrected chi connectivity index (χ3v) is 2.33. The molecule has 1 amide bonds. The van der Waals surface area contributed by atoms with Crippen LogP contribution in [0.4, 0.5) is 5.69 Å². The van der Waals surface area contributed by atoms with Crippen LogP contribution in [-0.2, 0) is 9.53 Å². The minimum Gasteiger partial charge on any atom is -0.469 e. The average molecular weight is 242 g/mol. The number of hydrogen-bond donors (Lipinski definition) is 1. The first-order valence-electron chi connectivity index (χ1n) is 4.76. The molecule has 0 spiro atoms. The van der Waals surface area contributed by atoms with Gasteiger partial charge in [0.15, 0.2) is 0 Å². The Labute approximate surface area is 98.5 Å². The van der Waals surface area contributed by atoms with Crippen LogP contribution in [0.3, 0.4) is 0 Å². The molecule has 0 radical (unpaired) electrons. The van der Waals surface area contributed by atoms with Gasteiger partial charge in [0.05, 0.1) is 23.4 Å².